The summed E-state index contributed by atoms with van der Waals surface area (Å²) in [5.41, 5.74) is 17.7. The highest BCUT2D eigenvalue weighted by atomic mass is 16.3. The normalized spacial score (nSPS) is 13.3. The number of para-hydroxylation sites is 4. The van der Waals surface area contributed by atoms with Gasteiger partial charge in [-0.05, 0) is 100 Å². The van der Waals surface area contributed by atoms with Crippen LogP contribution in [0, 0.1) is 0 Å². The number of benzene rings is 9. The maximum atomic E-state index is 6.51. The predicted molar refractivity (Wildman–Crippen MR) is 264 cm³/mol. The van der Waals surface area contributed by atoms with Crippen molar-refractivity contribution >= 4 is 76.5 Å². The van der Waals surface area contributed by atoms with Crippen LogP contribution in [-0.4, -0.2) is 19.1 Å². The number of hydrogen-bond acceptors (Lipinski definition) is 3. The number of aromatic nitrogens is 4. The summed E-state index contributed by atoms with van der Waals surface area (Å²) in [7, 11) is 0. The standard InChI is InChI=1S/C59H38N4O/c1-59(2)48-27-25-36(29-42(48)43-31-45-39-19-10-13-23-51(39)62(53(45)33-49(43)59)38-17-7-4-8-18-38)37-26-28-52-44(30-37)46-32-47-40-20-11-14-24-55(40)64-56(47)34-54(46)63(52)58-60-50-22-12-9-21-41(50)57(61-58)35-15-5-3-6-16-35/h3-34H,1-2H3. The molecule has 0 unspecified atom stereocenters. The van der Waals surface area contributed by atoms with Gasteiger partial charge in [-0.1, -0.05) is 135 Å². The van der Waals surface area contributed by atoms with Crippen LogP contribution in [0.5, 0.6) is 0 Å². The van der Waals surface area contributed by atoms with E-state index in [1.807, 2.05) is 24.3 Å². The fourth-order valence-corrected chi connectivity index (χ4v) is 10.9. The van der Waals surface area contributed by atoms with E-state index in [2.05, 4.69) is 193 Å². The van der Waals surface area contributed by atoms with Gasteiger partial charge < -0.3 is 8.98 Å². The van der Waals surface area contributed by atoms with Gasteiger partial charge in [0.1, 0.15) is 11.2 Å². The van der Waals surface area contributed by atoms with Crippen LogP contribution in [0.3, 0.4) is 0 Å². The van der Waals surface area contributed by atoms with Gasteiger partial charge in [0, 0.05) is 60.4 Å². The lowest BCUT2D eigenvalue weighted by Gasteiger charge is -2.22. The molecule has 1 aliphatic rings. The van der Waals surface area contributed by atoms with Crippen LogP contribution >= 0.6 is 0 Å². The molecule has 0 saturated carbocycles. The summed E-state index contributed by atoms with van der Waals surface area (Å²) in [5.74, 6) is 0.622. The highest BCUT2D eigenvalue weighted by molar-refractivity contribution is 6.18. The SMILES string of the molecule is CC1(C)c2ccc(-c3ccc4c(c3)c3cc5c(cc3n4-c3nc(-c4ccccc4)c4ccccc4n3)oc3ccccc35)cc2-c2cc3c4ccccc4n(-c4ccccc4)c3cc21. The molecule has 300 valence electrons. The fourth-order valence-electron chi connectivity index (χ4n) is 10.9. The summed E-state index contributed by atoms with van der Waals surface area (Å²) in [6.07, 6.45) is 0. The Hall–Kier alpha value is -8.28. The fraction of sp³-hybridized carbons (Fsp3) is 0.0508. The molecule has 4 aromatic heterocycles. The van der Waals surface area contributed by atoms with Crippen molar-refractivity contribution in [2.45, 2.75) is 19.3 Å². The second-order valence-electron chi connectivity index (χ2n) is 17.8. The quantitative estimate of drug-likeness (QED) is 0.178. The van der Waals surface area contributed by atoms with Gasteiger partial charge in [-0.3, -0.25) is 4.57 Å². The average molecular weight is 819 g/mol. The molecule has 0 radical (unpaired) electrons. The molecule has 9 aromatic carbocycles. The molecular weight excluding hydrogens is 781 g/mol. The summed E-state index contributed by atoms with van der Waals surface area (Å²) >= 11 is 0. The molecule has 0 fully saturated rings. The molecule has 0 atom stereocenters. The Morgan fingerprint density at radius 3 is 1.89 bits per heavy atom. The molecular formula is C59H38N4O. The summed E-state index contributed by atoms with van der Waals surface area (Å²) in [6.45, 7) is 4.75. The van der Waals surface area contributed by atoms with Crippen LogP contribution in [0.15, 0.2) is 199 Å². The maximum Gasteiger partial charge on any atom is 0.235 e. The van der Waals surface area contributed by atoms with Crippen molar-refractivity contribution in [1.82, 2.24) is 19.1 Å². The van der Waals surface area contributed by atoms with Crippen molar-refractivity contribution in [3.05, 3.63) is 205 Å². The Labute approximate surface area is 368 Å². The van der Waals surface area contributed by atoms with Crippen LogP contribution in [0.4, 0.5) is 0 Å². The van der Waals surface area contributed by atoms with E-state index in [0.29, 0.717) is 5.95 Å². The Morgan fingerprint density at radius 1 is 0.391 bits per heavy atom. The Kier molecular flexibility index (Phi) is 7.11. The van der Waals surface area contributed by atoms with Gasteiger partial charge in [-0.2, -0.15) is 0 Å². The minimum Gasteiger partial charge on any atom is -0.456 e. The van der Waals surface area contributed by atoms with Crippen LogP contribution in [0.1, 0.15) is 25.0 Å². The molecule has 13 aromatic rings. The molecule has 0 saturated heterocycles. The molecule has 5 heteroatoms. The molecule has 5 nitrogen and oxygen atoms in total. The first-order chi connectivity index (χ1) is 31.5. The van der Waals surface area contributed by atoms with Crippen LogP contribution in [0.2, 0.25) is 0 Å². The molecule has 64 heavy (non-hydrogen) atoms. The van der Waals surface area contributed by atoms with E-state index in [-0.39, 0.29) is 5.41 Å². The topological polar surface area (TPSA) is 48.8 Å². The Bertz CT molecular complexity index is 4100. The van der Waals surface area contributed by atoms with E-state index >= 15 is 0 Å². The maximum absolute atomic E-state index is 6.51. The van der Waals surface area contributed by atoms with Gasteiger partial charge in [0.05, 0.1) is 33.3 Å². The number of rotatable bonds is 4. The molecule has 1 aliphatic carbocycles. The van der Waals surface area contributed by atoms with Crippen LogP contribution in [0.25, 0.3) is 122 Å². The van der Waals surface area contributed by atoms with Crippen molar-refractivity contribution in [3.8, 4) is 45.1 Å². The largest absolute Gasteiger partial charge is 0.456 e. The van der Waals surface area contributed by atoms with E-state index in [1.54, 1.807) is 0 Å². The third-order valence-corrected chi connectivity index (χ3v) is 13.9. The molecule has 14 rings (SSSR count). The molecule has 0 aliphatic heterocycles. The first-order valence-electron chi connectivity index (χ1n) is 22.0. The lowest BCUT2D eigenvalue weighted by atomic mass is 9.82. The molecule has 0 spiro atoms. The second-order valence-corrected chi connectivity index (χ2v) is 17.8. The van der Waals surface area contributed by atoms with Crippen LogP contribution in [-0.2, 0) is 5.41 Å². The van der Waals surface area contributed by atoms with Crippen LogP contribution < -0.4 is 0 Å². The molecule has 0 amide bonds. The Morgan fingerprint density at radius 2 is 1.03 bits per heavy atom. The van der Waals surface area contributed by atoms with Crippen molar-refractivity contribution in [3.63, 3.8) is 0 Å². The number of furan rings is 1. The first-order valence-corrected chi connectivity index (χ1v) is 22.0. The van der Waals surface area contributed by atoms with E-state index in [1.165, 1.54) is 55.3 Å². The summed E-state index contributed by atoms with van der Waals surface area (Å²) in [5, 5.41) is 8.00. The van der Waals surface area contributed by atoms with Gasteiger partial charge in [-0.25, -0.2) is 9.97 Å². The molecule has 0 N–H and O–H groups in total. The van der Waals surface area contributed by atoms with E-state index < -0.39 is 0 Å². The van der Waals surface area contributed by atoms with E-state index in [4.69, 9.17) is 14.4 Å². The number of hydrogen-bond donors (Lipinski definition) is 0. The van der Waals surface area contributed by atoms with Gasteiger partial charge in [-0.15, -0.1) is 0 Å². The Balaban J connectivity index is 0.992. The zero-order valence-electron chi connectivity index (χ0n) is 35.2. The number of fused-ring (bicyclic) bond motifs is 13. The summed E-state index contributed by atoms with van der Waals surface area (Å²) in [6, 6.07) is 69.9. The lowest BCUT2D eigenvalue weighted by molar-refractivity contribution is 0.661. The zero-order valence-corrected chi connectivity index (χ0v) is 35.2. The second kappa shape index (κ2) is 12.9. The van der Waals surface area contributed by atoms with Gasteiger partial charge >= 0.3 is 0 Å². The lowest BCUT2D eigenvalue weighted by Crippen LogP contribution is -2.15. The summed E-state index contributed by atoms with van der Waals surface area (Å²) < 4.78 is 11.2. The van der Waals surface area contributed by atoms with Gasteiger partial charge in [0.15, 0.2) is 0 Å². The minimum atomic E-state index is -0.177. The van der Waals surface area contributed by atoms with E-state index in [0.717, 1.165) is 71.5 Å². The first kappa shape index (κ1) is 35.3. The van der Waals surface area contributed by atoms with Gasteiger partial charge in [0.25, 0.3) is 0 Å². The third-order valence-electron chi connectivity index (χ3n) is 13.9. The van der Waals surface area contributed by atoms with Crippen molar-refractivity contribution < 1.29 is 4.42 Å². The van der Waals surface area contributed by atoms with E-state index in [9.17, 15) is 0 Å². The minimum absolute atomic E-state index is 0.177. The number of nitrogens with zero attached hydrogens (tertiary/aromatic N) is 4. The van der Waals surface area contributed by atoms with Gasteiger partial charge in [0.2, 0.25) is 5.95 Å². The summed E-state index contributed by atoms with van der Waals surface area (Å²) in [4.78, 5) is 10.6. The highest BCUT2D eigenvalue weighted by Gasteiger charge is 2.37. The van der Waals surface area contributed by atoms with Crippen molar-refractivity contribution in [2.24, 2.45) is 0 Å². The van der Waals surface area contributed by atoms with Crippen molar-refractivity contribution in [2.75, 3.05) is 0 Å². The van der Waals surface area contributed by atoms with Crippen molar-refractivity contribution in [1.29, 1.82) is 0 Å². The molecule has 4 heterocycles. The zero-order chi connectivity index (χ0) is 42.3. The monoisotopic (exact) mass is 818 g/mol. The predicted octanol–water partition coefficient (Wildman–Crippen LogP) is 15.4. The smallest absolute Gasteiger partial charge is 0.235 e. The average Bonchev–Trinajstić information content (AvgIpc) is 4.04. The molecule has 0 bridgehead atoms. The third kappa shape index (κ3) is 4.89. The highest BCUT2D eigenvalue weighted by Crippen LogP contribution is 2.52.